The molecule has 0 aliphatic heterocycles. The van der Waals surface area contributed by atoms with E-state index in [1.165, 1.54) is 0 Å². The number of carbonyl (C=O) groups excluding carboxylic acids is 1. The topological polar surface area (TPSA) is 86.5 Å². The number of esters is 1. The predicted molar refractivity (Wildman–Crippen MR) is 78.2 cm³/mol. The van der Waals surface area contributed by atoms with Gasteiger partial charge in [-0.1, -0.05) is 0 Å². The van der Waals surface area contributed by atoms with E-state index in [1.54, 1.807) is 0 Å². The highest BCUT2D eigenvalue weighted by Crippen LogP contribution is 2.54. The van der Waals surface area contributed by atoms with E-state index in [9.17, 15) is 49.9 Å². The van der Waals surface area contributed by atoms with Crippen LogP contribution in [-0.2, 0) is 20.3 Å². The van der Waals surface area contributed by atoms with Crippen LogP contribution in [0.3, 0.4) is 0 Å². The smallest absolute Gasteiger partial charge is 0.460 e. The van der Waals surface area contributed by atoms with Crippen LogP contribution in [0, 0.1) is 10.1 Å². The maximum Gasteiger partial charge on any atom is 0.460 e. The van der Waals surface area contributed by atoms with Crippen molar-refractivity contribution in [3.05, 3.63) is 28.3 Å². The summed E-state index contributed by atoms with van der Waals surface area (Å²) >= 11 is -1.25. The van der Waals surface area contributed by atoms with Gasteiger partial charge in [-0.25, -0.2) is 0 Å². The molecule has 152 valence electrons. The molecule has 0 amide bonds. The summed E-state index contributed by atoms with van der Waals surface area (Å²) in [5.74, 6) is -8.25. The van der Waals surface area contributed by atoms with Crippen molar-refractivity contribution in [1.82, 2.24) is 0 Å². The lowest BCUT2D eigenvalue weighted by Gasteiger charge is -2.27. The Labute approximate surface area is 152 Å². The van der Waals surface area contributed by atoms with E-state index in [4.69, 9.17) is 0 Å². The highest BCUT2D eigenvalue weighted by molar-refractivity contribution is 8.00. The first kappa shape index (κ1) is 23.1. The fourth-order valence-corrected chi connectivity index (χ4v) is 3.44. The van der Waals surface area contributed by atoms with Crippen LogP contribution < -0.4 is 0 Å². The number of halogens is 7. The van der Waals surface area contributed by atoms with Gasteiger partial charge in [-0.15, -0.1) is 0 Å². The van der Waals surface area contributed by atoms with Crippen LogP contribution in [-0.4, -0.2) is 45.3 Å². The molecule has 6 nitrogen and oxygen atoms in total. The minimum atomic E-state index is -6.56. The number of hydrogen-bond donors (Lipinski definition) is 0. The summed E-state index contributed by atoms with van der Waals surface area (Å²) in [5, 5.41) is 5.31. The molecule has 1 aromatic carbocycles. The van der Waals surface area contributed by atoms with Gasteiger partial charge < -0.3 is 4.74 Å². The number of methoxy groups -OCH3 is 1. The Morgan fingerprint density at radius 1 is 1.22 bits per heavy atom. The number of nitro benzene ring substituents is 1. The maximum atomic E-state index is 13.4. The zero-order valence-electron chi connectivity index (χ0n) is 12.9. The van der Waals surface area contributed by atoms with E-state index in [1.807, 2.05) is 0 Å². The lowest BCUT2D eigenvalue weighted by Crippen LogP contribution is -2.49. The second kappa shape index (κ2) is 8.00. The van der Waals surface area contributed by atoms with E-state index < -0.39 is 72.0 Å². The summed E-state index contributed by atoms with van der Waals surface area (Å²) < 4.78 is 105. The Balaban J connectivity index is 3.26. The number of hydrogen-bond acceptors (Lipinski definition) is 6. The minimum absolute atomic E-state index is 0.259. The molecule has 0 N–H and O–H groups in total. The number of ether oxygens (including phenoxy) is 1. The quantitative estimate of drug-likeness (QED) is 0.210. The highest BCUT2D eigenvalue weighted by Gasteiger charge is 2.73. The highest BCUT2D eigenvalue weighted by atomic mass is 32.2. The van der Waals surface area contributed by atoms with Gasteiger partial charge in [0.1, 0.15) is 10.6 Å². The molecule has 1 atom stereocenters. The van der Waals surface area contributed by atoms with Crippen LogP contribution in [0.5, 0.6) is 0 Å². The predicted octanol–water partition coefficient (Wildman–Crippen LogP) is 3.76. The third-order valence-electron chi connectivity index (χ3n) is 2.82. The Kier molecular flexibility index (Phi) is 6.85. The van der Waals surface area contributed by atoms with Crippen molar-refractivity contribution in [3.63, 3.8) is 0 Å². The van der Waals surface area contributed by atoms with Crippen LogP contribution in [0.15, 0.2) is 28.0 Å². The second-order valence-electron chi connectivity index (χ2n) is 4.64. The average molecular weight is 443 g/mol. The number of benzene rings is 1. The second-order valence-corrected chi connectivity index (χ2v) is 7.25. The van der Waals surface area contributed by atoms with Crippen LogP contribution in [0.25, 0.3) is 0 Å². The van der Waals surface area contributed by atoms with E-state index >= 15 is 0 Å². The average Bonchev–Trinajstić information content (AvgIpc) is 2.52. The van der Waals surface area contributed by atoms with Gasteiger partial charge in [-0.05, 0) is 23.9 Å². The molecule has 0 spiro atoms. The van der Waals surface area contributed by atoms with Gasteiger partial charge in [0, 0.05) is 11.0 Å². The lowest BCUT2D eigenvalue weighted by atomic mass is 10.3. The zero-order valence-corrected chi connectivity index (χ0v) is 14.5. The molecule has 27 heavy (non-hydrogen) atoms. The minimum Gasteiger partial charge on any atom is -0.468 e. The van der Waals surface area contributed by atoms with Gasteiger partial charge in [0.15, 0.2) is 0 Å². The monoisotopic (exact) mass is 443 g/mol. The standard InChI is InChI=1S/C12H8F7NO5S2/c1-25-9(21)5-27(24)8-3-2-6(4-7(8)20(22)23)26-12(18,19)10(13,14)11(15,16)17/h2-4H,5H2,1H3. The van der Waals surface area contributed by atoms with Gasteiger partial charge >= 0.3 is 23.3 Å². The third kappa shape index (κ3) is 5.09. The molecule has 0 heterocycles. The summed E-state index contributed by atoms with van der Waals surface area (Å²) in [5.41, 5.74) is -1.10. The zero-order chi connectivity index (χ0) is 21.2. The molecule has 1 unspecified atom stereocenters. The number of rotatable bonds is 7. The number of nitro groups is 1. The van der Waals surface area contributed by atoms with E-state index in [-0.39, 0.29) is 6.07 Å². The molecule has 0 bridgehead atoms. The summed E-state index contributed by atoms with van der Waals surface area (Å²) in [6, 6.07) is 1.42. The molecule has 0 radical (unpaired) electrons. The van der Waals surface area contributed by atoms with Gasteiger partial charge in [-0.3, -0.25) is 19.1 Å². The number of nitrogens with zero attached hydrogens (tertiary/aromatic N) is 1. The maximum absolute atomic E-state index is 13.4. The summed E-state index contributed by atoms with van der Waals surface area (Å²) in [7, 11) is -1.41. The Morgan fingerprint density at radius 3 is 2.22 bits per heavy atom. The molecule has 0 saturated heterocycles. The van der Waals surface area contributed by atoms with Gasteiger partial charge in [0.25, 0.3) is 5.69 Å². The molecule has 0 aromatic heterocycles. The van der Waals surface area contributed by atoms with Crippen molar-refractivity contribution >= 4 is 34.2 Å². The van der Waals surface area contributed by atoms with Crippen molar-refractivity contribution in [2.45, 2.75) is 27.1 Å². The van der Waals surface area contributed by atoms with Crippen LogP contribution in [0.4, 0.5) is 36.4 Å². The summed E-state index contributed by atoms with van der Waals surface area (Å²) in [6.07, 6.45) is -6.56. The van der Waals surface area contributed by atoms with Crippen molar-refractivity contribution in [1.29, 1.82) is 0 Å². The normalized spacial score (nSPS) is 13.9. The first-order chi connectivity index (χ1) is 12.1. The van der Waals surface area contributed by atoms with E-state index in [2.05, 4.69) is 4.74 Å². The van der Waals surface area contributed by atoms with Crippen molar-refractivity contribution in [2.24, 2.45) is 0 Å². The third-order valence-corrected chi connectivity index (χ3v) is 5.15. The fourth-order valence-electron chi connectivity index (χ4n) is 1.52. The summed E-state index contributed by atoms with van der Waals surface area (Å²) in [4.78, 5) is 19.2. The van der Waals surface area contributed by atoms with Crippen molar-refractivity contribution < 1.29 is 49.4 Å². The Hall–Kier alpha value is -1.90. The van der Waals surface area contributed by atoms with E-state index in [0.29, 0.717) is 12.1 Å². The van der Waals surface area contributed by atoms with Crippen LogP contribution in [0.2, 0.25) is 0 Å². The first-order valence-corrected chi connectivity index (χ1v) is 8.52. The Morgan fingerprint density at radius 2 is 1.78 bits per heavy atom. The first-order valence-electron chi connectivity index (χ1n) is 6.39. The molecule has 0 fully saturated rings. The molecule has 15 heteroatoms. The largest absolute Gasteiger partial charge is 0.468 e. The van der Waals surface area contributed by atoms with Crippen molar-refractivity contribution in [2.75, 3.05) is 12.9 Å². The van der Waals surface area contributed by atoms with Crippen LogP contribution in [0.1, 0.15) is 0 Å². The molecular weight excluding hydrogens is 435 g/mol. The fraction of sp³-hybridized carbons (Fsp3) is 0.417. The van der Waals surface area contributed by atoms with E-state index in [0.717, 1.165) is 7.11 Å². The van der Waals surface area contributed by atoms with Gasteiger partial charge in [0.05, 0.1) is 22.8 Å². The molecule has 0 aliphatic carbocycles. The summed E-state index contributed by atoms with van der Waals surface area (Å²) in [6.45, 7) is 0. The molecule has 0 aliphatic rings. The van der Waals surface area contributed by atoms with Crippen LogP contribution >= 0.6 is 11.8 Å². The Bertz CT molecular complexity index is 769. The number of thioether (sulfide) groups is 1. The SMILES string of the molecule is COC(=O)CS(=O)c1ccc(SC(F)(F)C(F)(F)C(F)(F)F)cc1[N+](=O)[O-]. The van der Waals surface area contributed by atoms with Gasteiger partial charge in [-0.2, -0.15) is 30.7 Å². The van der Waals surface area contributed by atoms with Crippen molar-refractivity contribution in [3.8, 4) is 0 Å². The molecule has 1 aromatic rings. The number of alkyl halides is 7. The molecular formula is C12H8F7NO5S2. The molecule has 1 rings (SSSR count). The molecule has 0 saturated carbocycles. The lowest BCUT2D eigenvalue weighted by molar-refractivity contribution is -0.388. The number of carbonyl (C=O) groups is 1. The van der Waals surface area contributed by atoms with Gasteiger partial charge in [0.2, 0.25) is 0 Å².